The van der Waals surface area contributed by atoms with Gasteiger partial charge in [-0.15, -0.1) is 0 Å². The highest BCUT2D eigenvalue weighted by molar-refractivity contribution is 6.37. The van der Waals surface area contributed by atoms with Gasteiger partial charge in [-0.1, -0.05) is 0 Å². The summed E-state index contributed by atoms with van der Waals surface area (Å²) in [7, 11) is 0. The van der Waals surface area contributed by atoms with E-state index in [9.17, 15) is 9.59 Å². The van der Waals surface area contributed by atoms with E-state index in [1.54, 1.807) is 18.4 Å². The van der Waals surface area contributed by atoms with Crippen molar-refractivity contribution in [3.8, 4) is 0 Å². The lowest BCUT2D eigenvalue weighted by molar-refractivity contribution is -0.140. The molecule has 0 saturated carbocycles. The van der Waals surface area contributed by atoms with Crippen LogP contribution in [0.4, 0.5) is 0 Å². The van der Waals surface area contributed by atoms with Crippen LogP contribution in [0.15, 0.2) is 22.8 Å². The monoisotopic (exact) mass is 179 g/mol. The van der Waals surface area contributed by atoms with Crippen molar-refractivity contribution in [1.82, 2.24) is 4.90 Å². The maximum Gasteiger partial charge on any atom is 0.290 e. The Kier molecular flexibility index (Phi) is 1.88. The molecule has 4 heteroatoms. The summed E-state index contributed by atoms with van der Waals surface area (Å²) in [4.78, 5) is 23.6. The number of nitrogens with zero attached hydrogens (tertiary/aromatic N) is 1. The molecule has 1 aliphatic heterocycles. The maximum absolute atomic E-state index is 11.2. The van der Waals surface area contributed by atoms with Gasteiger partial charge in [0.05, 0.1) is 12.8 Å². The predicted octanol–water partition coefficient (Wildman–Crippen LogP) is 0.581. The number of amides is 1. The molecule has 1 saturated heterocycles. The van der Waals surface area contributed by atoms with E-state index in [-0.39, 0.29) is 5.78 Å². The number of carbonyl (C=O) groups excluding carboxylic acids is 2. The third kappa shape index (κ3) is 1.47. The van der Waals surface area contributed by atoms with Gasteiger partial charge in [-0.25, -0.2) is 0 Å². The number of rotatable bonds is 2. The molecule has 13 heavy (non-hydrogen) atoms. The van der Waals surface area contributed by atoms with E-state index in [4.69, 9.17) is 4.42 Å². The van der Waals surface area contributed by atoms with Crippen molar-refractivity contribution < 1.29 is 14.0 Å². The molecule has 0 radical (unpaired) electrons. The van der Waals surface area contributed by atoms with Crippen molar-refractivity contribution in [2.75, 3.05) is 6.54 Å². The Morgan fingerprint density at radius 1 is 1.46 bits per heavy atom. The van der Waals surface area contributed by atoms with Crippen molar-refractivity contribution >= 4 is 11.7 Å². The standard InChI is InChI=1S/C9H9NO3/c11-8-3-4-10(9(8)12)6-7-2-1-5-13-7/h1-2,5H,3-4,6H2. The first-order valence-corrected chi connectivity index (χ1v) is 4.12. The second-order valence-corrected chi connectivity index (χ2v) is 2.98. The van der Waals surface area contributed by atoms with Crippen LogP contribution in [0.1, 0.15) is 12.2 Å². The molecule has 4 nitrogen and oxygen atoms in total. The van der Waals surface area contributed by atoms with Crippen molar-refractivity contribution in [3.05, 3.63) is 24.2 Å². The quantitative estimate of drug-likeness (QED) is 0.624. The first-order valence-electron chi connectivity index (χ1n) is 4.12. The first-order chi connectivity index (χ1) is 6.27. The Labute approximate surface area is 75.1 Å². The molecule has 1 aromatic rings. The van der Waals surface area contributed by atoms with Gasteiger partial charge in [0.1, 0.15) is 5.76 Å². The summed E-state index contributed by atoms with van der Waals surface area (Å²) in [6, 6.07) is 3.55. The molecule has 1 fully saturated rings. The molecule has 1 aromatic heterocycles. The van der Waals surface area contributed by atoms with Gasteiger partial charge in [0, 0.05) is 13.0 Å². The highest BCUT2D eigenvalue weighted by atomic mass is 16.3. The summed E-state index contributed by atoms with van der Waals surface area (Å²) in [5.41, 5.74) is 0. The Balaban J connectivity index is 2.04. The van der Waals surface area contributed by atoms with Crippen LogP contribution in [0.25, 0.3) is 0 Å². The molecular formula is C9H9NO3. The lowest BCUT2D eigenvalue weighted by atomic mass is 10.3. The number of ketones is 1. The third-order valence-corrected chi connectivity index (χ3v) is 2.06. The smallest absolute Gasteiger partial charge is 0.290 e. The average Bonchev–Trinajstić information content (AvgIpc) is 2.71. The minimum Gasteiger partial charge on any atom is -0.467 e. The van der Waals surface area contributed by atoms with Crippen molar-refractivity contribution in [3.63, 3.8) is 0 Å². The van der Waals surface area contributed by atoms with Gasteiger partial charge in [-0.05, 0) is 12.1 Å². The number of hydrogen-bond donors (Lipinski definition) is 0. The van der Waals surface area contributed by atoms with Crippen molar-refractivity contribution in [2.24, 2.45) is 0 Å². The second kappa shape index (κ2) is 3.05. The summed E-state index contributed by atoms with van der Waals surface area (Å²) in [5, 5.41) is 0. The van der Waals surface area contributed by atoms with Gasteiger partial charge in [0.25, 0.3) is 5.91 Å². The lowest BCUT2D eigenvalue weighted by Crippen LogP contribution is -2.26. The molecule has 0 N–H and O–H groups in total. The van der Waals surface area contributed by atoms with Crippen molar-refractivity contribution in [1.29, 1.82) is 0 Å². The number of carbonyl (C=O) groups is 2. The molecule has 0 unspecified atom stereocenters. The molecule has 0 aromatic carbocycles. The highest BCUT2D eigenvalue weighted by Crippen LogP contribution is 2.11. The predicted molar refractivity (Wildman–Crippen MR) is 43.7 cm³/mol. The average molecular weight is 179 g/mol. The van der Waals surface area contributed by atoms with Gasteiger partial charge in [-0.2, -0.15) is 0 Å². The normalized spacial score (nSPS) is 17.1. The van der Waals surface area contributed by atoms with Gasteiger partial charge < -0.3 is 9.32 Å². The highest BCUT2D eigenvalue weighted by Gasteiger charge is 2.29. The first kappa shape index (κ1) is 8.04. The molecular weight excluding hydrogens is 170 g/mol. The van der Waals surface area contributed by atoms with Gasteiger partial charge >= 0.3 is 0 Å². The Bertz CT molecular complexity index is 329. The van der Waals surface area contributed by atoms with Gasteiger partial charge in [0.15, 0.2) is 0 Å². The minimum atomic E-state index is -0.392. The van der Waals surface area contributed by atoms with Crippen LogP contribution < -0.4 is 0 Å². The zero-order chi connectivity index (χ0) is 9.26. The maximum atomic E-state index is 11.2. The van der Waals surface area contributed by atoms with Crippen LogP contribution in [-0.2, 0) is 16.1 Å². The lowest BCUT2D eigenvalue weighted by Gasteiger charge is -2.11. The third-order valence-electron chi connectivity index (χ3n) is 2.06. The van der Waals surface area contributed by atoms with Gasteiger partial charge in [0.2, 0.25) is 5.78 Å². The van der Waals surface area contributed by atoms with E-state index >= 15 is 0 Å². The van der Waals surface area contributed by atoms with E-state index in [0.29, 0.717) is 25.3 Å². The van der Waals surface area contributed by atoms with E-state index < -0.39 is 5.91 Å². The summed E-state index contributed by atoms with van der Waals surface area (Å²) in [5.74, 6) is 0.0195. The molecule has 0 bridgehead atoms. The summed E-state index contributed by atoms with van der Waals surface area (Å²) in [6.45, 7) is 0.913. The number of Topliss-reactive ketones (excluding diaryl/α,β-unsaturated/α-hetero) is 1. The van der Waals surface area contributed by atoms with Crippen molar-refractivity contribution in [2.45, 2.75) is 13.0 Å². The van der Waals surface area contributed by atoms with Gasteiger partial charge in [-0.3, -0.25) is 9.59 Å². The number of likely N-dealkylation sites (tertiary alicyclic amines) is 1. The molecule has 2 heterocycles. The van der Waals surface area contributed by atoms with E-state index in [1.807, 2.05) is 0 Å². The molecule has 0 atom stereocenters. The van der Waals surface area contributed by atoms with Crippen LogP contribution in [-0.4, -0.2) is 23.1 Å². The van der Waals surface area contributed by atoms with E-state index in [2.05, 4.69) is 0 Å². The zero-order valence-corrected chi connectivity index (χ0v) is 7.03. The van der Waals surface area contributed by atoms with Crippen LogP contribution in [0.2, 0.25) is 0 Å². The van der Waals surface area contributed by atoms with E-state index in [1.165, 1.54) is 4.90 Å². The number of hydrogen-bond acceptors (Lipinski definition) is 3. The minimum absolute atomic E-state index is 0.299. The zero-order valence-electron chi connectivity index (χ0n) is 7.03. The molecule has 0 spiro atoms. The van der Waals surface area contributed by atoms with Crippen LogP contribution in [0.3, 0.4) is 0 Å². The summed E-state index contributed by atoms with van der Waals surface area (Å²) in [6.07, 6.45) is 1.89. The SMILES string of the molecule is O=C1CCN(Cc2ccco2)C1=O. The summed E-state index contributed by atoms with van der Waals surface area (Å²) < 4.78 is 5.07. The van der Waals surface area contributed by atoms with Crippen LogP contribution >= 0.6 is 0 Å². The Morgan fingerprint density at radius 3 is 2.85 bits per heavy atom. The molecule has 1 amide bonds. The fourth-order valence-corrected chi connectivity index (χ4v) is 1.36. The molecule has 68 valence electrons. The number of furan rings is 1. The largest absolute Gasteiger partial charge is 0.467 e. The fourth-order valence-electron chi connectivity index (χ4n) is 1.36. The molecule has 1 aliphatic rings. The second-order valence-electron chi connectivity index (χ2n) is 2.98. The Hall–Kier alpha value is -1.58. The summed E-state index contributed by atoms with van der Waals surface area (Å²) >= 11 is 0. The topological polar surface area (TPSA) is 50.5 Å². The Morgan fingerprint density at radius 2 is 2.31 bits per heavy atom. The molecule has 2 rings (SSSR count). The fraction of sp³-hybridized carbons (Fsp3) is 0.333. The van der Waals surface area contributed by atoms with E-state index in [0.717, 1.165) is 0 Å². The van der Waals surface area contributed by atoms with Crippen LogP contribution in [0, 0.1) is 0 Å². The van der Waals surface area contributed by atoms with Crippen LogP contribution in [0.5, 0.6) is 0 Å². The molecule has 0 aliphatic carbocycles.